The maximum atomic E-state index is 4.56. The summed E-state index contributed by atoms with van der Waals surface area (Å²) in [6.45, 7) is 1.48. The van der Waals surface area contributed by atoms with E-state index in [1.165, 1.54) is 0 Å². The van der Waals surface area contributed by atoms with Gasteiger partial charge in [-0.2, -0.15) is 5.10 Å². The Morgan fingerprint density at radius 2 is 2.39 bits per heavy atom. The number of nitrogens with zero attached hydrogens (tertiary/aromatic N) is 6. The molecule has 3 rings (SSSR count). The number of rotatable bonds is 4. The number of fused-ring (bicyclic) bond motifs is 1. The molecule has 0 aromatic carbocycles. The Balaban J connectivity index is 1.52. The molecule has 0 saturated carbocycles. The maximum absolute atomic E-state index is 4.56. The van der Waals surface area contributed by atoms with Gasteiger partial charge in [0.2, 0.25) is 0 Å². The second kappa shape index (κ2) is 6.95. The normalized spacial score (nSPS) is 17.7. The summed E-state index contributed by atoms with van der Waals surface area (Å²) in [5.41, 5.74) is 1.02. The number of hydrogen-bond donors (Lipinski definition) is 2. The Morgan fingerprint density at radius 3 is 3.13 bits per heavy atom. The fourth-order valence-corrected chi connectivity index (χ4v) is 3.26. The number of anilines is 1. The summed E-state index contributed by atoms with van der Waals surface area (Å²) in [7, 11) is 5.78. The third kappa shape index (κ3) is 3.79. The van der Waals surface area contributed by atoms with Crippen molar-refractivity contribution in [1.82, 2.24) is 30.4 Å². The summed E-state index contributed by atoms with van der Waals surface area (Å²) in [6.07, 6.45) is 3.59. The van der Waals surface area contributed by atoms with E-state index in [0.717, 1.165) is 42.0 Å². The second-order valence-corrected chi connectivity index (χ2v) is 6.52. The summed E-state index contributed by atoms with van der Waals surface area (Å²) < 4.78 is 1.96. The number of hydrogen-bond acceptors (Lipinski definition) is 6. The summed E-state index contributed by atoms with van der Waals surface area (Å²) >= 11 is 1.64. The van der Waals surface area contributed by atoms with Crippen LogP contribution in [0.15, 0.2) is 16.7 Å². The molecule has 1 aliphatic heterocycles. The van der Waals surface area contributed by atoms with Gasteiger partial charge in [0.15, 0.2) is 11.1 Å². The van der Waals surface area contributed by atoms with Crippen LogP contribution in [0.5, 0.6) is 0 Å². The molecular weight excluding hydrogens is 312 g/mol. The number of thiazole rings is 1. The number of nitrogens with one attached hydrogen (secondary N) is 2. The molecule has 23 heavy (non-hydrogen) atoms. The van der Waals surface area contributed by atoms with Crippen molar-refractivity contribution in [2.24, 2.45) is 4.99 Å². The van der Waals surface area contributed by atoms with E-state index in [9.17, 15) is 0 Å². The van der Waals surface area contributed by atoms with Crippen molar-refractivity contribution in [2.45, 2.75) is 32.0 Å². The van der Waals surface area contributed by atoms with Crippen LogP contribution < -0.4 is 15.5 Å². The van der Waals surface area contributed by atoms with Gasteiger partial charge in [-0.15, -0.1) is 11.3 Å². The summed E-state index contributed by atoms with van der Waals surface area (Å²) in [4.78, 5) is 15.1. The van der Waals surface area contributed by atoms with Gasteiger partial charge in [-0.3, -0.25) is 4.99 Å². The van der Waals surface area contributed by atoms with E-state index < -0.39 is 0 Å². The molecule has 0 aliphatic carbocycles. The summed E-state index contributed by atoms with van der Waals surface area (Å²) in [5, 5.41) is 14.1. The van der Waals surface area contributed by atoms with E-state index in [0.29, 0.717) is 12.6 Å². The minimum absolute atomic E-state index is 0.308. The Hall–Kier alpha value is -2.16. The van der Waals surface area contributed by atoms with Crippen LogP contribution in [0.3, 0.4) is 0 Å². The third-order valence-corrected chi connectivity index (χ3v) is 4.79. The lowest BCUT2D eigenvalue weighted by atomic mass is 10.1. The minimum atomic E-state index is 0.308. The lowest BCUT2D eigenvalue weighted by Crippen LogP contribution is -2.46. The lowest BCUT2D eigenvalue weighted by Gasteiger charge is -2.25. The Labute approximate surface area is 139 Å². The van der Waals surface area contributed by atoms with Crippen molar-refractivity contribution in [3.63, 3.8) is 0 Å². The topological polar surface area (TPSA) is 83.3 Å². The largest absolute Gasteiger partial charge is 0.354 e. The van der Waals surface area contributed by atoms with Crippen molar-refractivity contribution < 1.29 is 0 Å². The van der Waals surface area contributed by atoms with Gasteiger partial charge in [0.05, 0.1) is 18.8 Å². The number of aliphatic imine (C=N–C) groups is 1. The zero-order chi connectivity index (χ0) is 16.2. The van der Waals surface area contributed by atoms with Gasteiger partial charge in [-0.1, -0.05) is 0 Å². The summed E-state index contributed by atoms with van der Waals surface area (Å²) in [5.74, 6) is 1.85. The highest BCUT2D eigenvalue weighted by atomic mass is 32.1. The monoisotopic (exact) mass is 334 g/mol. The van der Waals surface area contributed by atoms with E-state index >= 15 is 0 Å². The van der Waals surface area contributed by atoms with Crippen molar-refractivity contribution >= 4 is 22.4 Å². The molecular formula is C14H22N8S. The predicted molar refractivity (Wildman–Crippen MR) is 91.9 cm³/mol. The molecule has 124 valence electrons. The van der Waals surface area contributed by atoms with Gasteiger partial charge in [0.1, 0.15) is 12.2 Å². The molecule has 0 fully saturated rings. The lowest BCUT2D eigenvalue weighted by molar-refractivity contribution is 0.392. The molecule has 1 aliphatic rings. The van der Waals surface area contributed by atoms with Crippen LogP contribution in [0.4, 0.5) is 5.13 Å². The maximum Gasteiger partial charge on any atom is 0.191 e. The summed E-state index contributed by atoms with van der Waals surface area (Å²) in [6, 6.07) is 0.308. The Bertz CT molecular complexity index is 674. The number of aryl methyl sites for hydroxylation is 1. The molecule has 0 amide bonds. The Morgan fingerprint density at radius 1 is 1.52 bits per heavy atom. The highest BCUT2D eigenvalue weighted by molar-refractivity contribution is 7.13. The van der Waals surface area contributed by atoms with Gasteiger partial charge in [-0.25, -0.2) is 14.6 Å². The molecule has 2 N–H and O–H groups in total. The van der Waals surface area contributed by atoms with Crippen LogP contribution in [0, 0.1) is 0 Å². The number of guanidine groups is 1. The van der Waals surface area contributed by atoms with Crippen LogP contribution in [0.1, 0.15) is 17.9 Å². The quantitative estimate of drug-likeness (QED) is 0.625. The van der Waals surface area contributed by atoms with E-state index in [4.69, 9.17) is 0 Å². The third-order valence-electron chi connectivity index (χ3n) is 3.73. The smallest absolute Gasteiger partial charge is 0.191 e. The van der Waals surface area contributed by atoms with Crippen molar-refractivity contribution in [2.75, 3.05) is 26.0 Å². The molecule has 9 heteroatoms. The standard InChI is InChI=1S/C14H22N8S/c1-15-13(16-6-11-8-23-14(20-11)21(2)3)19-10-4-5-12-17-9-18-22(12)7-10/h8-10H,4-7H2,1-3H3,(H2,15,16,19). The SMILES string of the molecule is CN=C(NCc1csc(N(C)C)n1)NC1CCc2ncnn2C1. The van der Waals surface area contributed by atoms with Crippen LogP contribution in [0.2, 0.25) is 0 Å². The predicted octanol–water partition coefficient (Wildman–Crippen LogP) is 0.481. The van der Waals surface area contributed by atoms with E-state index in [1.54, 1.807) is 24.7 Å². The number of aromatic nitrogens is 4. The molecule has 0 spiro atoms. The second-order valence-electron chi connectivity index (χ2n) is 5.68. The fraction of sp³-hybridized carbons (Fsp3) is 0.571. The average Bonchev–Trinajstić information content (AvgIpc) is 3.19. The van der Waals surface area contributed by atoms with Crippen molar-refractivity contribution in [1.29, 1.82) is 0 Å². The van der Waals surface area contributed by atoms with Crippen LogP contribution >= 0.6 is 11.3 Å². The van der Waals surface area contributed by atoms with Gasteiger partial charge in [-0.05, 0) is 6.42 Å². The first-order valence-electron chi connectivity index (χ1n) is 7.61. The first kappa shape index (κ1) is 15.7. The van der Waals surface area contributed by atoms with E-state index in [2.05, 4.69) is 36.1 Å². The van der Waals surface area contributed by atoms with E-state index in [-0.39, 0.29) is 0 Å². The molecule has 0 bridgehead atoms. The zero-order valence-electron chi connectivity index (χ0n) is 13.7. The van der Waals surface area contributed by atoms with Gasteiger partial charge >= 0.3 is 0 Å². The first-order chi connectivity index (χ1) is 11.2. The first-order valence-corrected chi connectivity index (χ1v) is 8.49. The zero-order valence-corrected chi connectivity index (χ0v) is 14.5. The van der Waals surface area contributed by atoms with Crippen LogP contribution in [-0.2, 0) is 19.5 Å². The minimum Gasteiger partial charge on any atom is -0.354 e. The van der Waals surface area contributed by atoms with Gasteiger partial charge in [0, 0.05) is 39.0 Å². The molecule has 2 aromatic heterocycles. The molecule has 0 saturated heterocycles. The van der Waals surface area contributed by atoms with Crippen molar-refractivity contribution in [3.8, 4) is 0 Å². The molecule has 0 radical (unpaired) electrons. The van der Waals surface area contributed by atoms with Crippen molar-refractivity contribution in [3.05, 3.63) is 23.2 Å². The molecule has 1 unspecified atom stereocenters. The molecule has 8 nitrogen and oxygen atoms in total. The highest BCUT2D eigenvalue weighted by Crippen LogP contribution is 2.17. The van der Waals surface area contributed by atoms with E-state index in [1.807, 2.05) is 23.7 Å². The molecule has 1 atom stereocenters. The highest BCUT2D eigenvalue weighted by Gasteiger charge is 2.20. The Kier molecular flexibility index (Phi) is 4.75. The van der Waals surface area contributed by atoms with Gasteiger partial charge < -0.3 is 15.5 Å². The van der Waals surface area contributed by atoms with Gasteiger partial charge in [0.25, 0.3) is 0 Å². The molecule has 3 heterocycles. The van der Waals surface area contributed by atoms with Crippen LogP contribution in [0.25, 0.3) is 0 Å². The molecule has 2 aromatic rings. The fourth-order valence-electron chi connectivity index (χ4n) is 2.50. The van der Waals surface area contributed by atoms with Crippen LogP contribution in [-0.4, -0.2) is 52.9 Å². The average molecular weight is 334 g/mol.